The van der Waals surface area contributed by atoms with Crippen molar-refractivity contribution in [3.8, 4) is 0 Å². The fourth-order valence-corrected chi connectivity index (χ4v) is 3.98. The lowest BCUT2D eigenvalue weighted by atomic mass is 9.75. The van der Waals surface area contributed by atoms with Crippen LogP contribution in [0.1, 0.15) is 59.3 Å². The quantitative estimate of drug-likeness (QED) is 0.252. The highest BCUT2D eigenvalue weighted by Crippen LogP contribution is 2.41. The van der Waals surface area contributed by atoms with Gasteiger partial charge in [-0.25, -0.2) is 0 Å². The van der Waals surface area contributed by atoms with E-state index in [9.17, 15) is 4.79 Å². The van der Waals surface area contributed by atoms with Gasteiger partial charge in [0.15, 0.2) is 0 Å². The van der Waals surface area contributed by atoms with Crippen molar-refractivity contribution >= 4 is 6.29 Å². The third kappa shape index (κ3) is 5.85. The van der Waals surface area contributed by atoms with Gasteiger partial charge in [0.25, 0.3) is 0 Å². The van der Waals surface area contributed by atoms with Crippen LogP contribution in [0.5, 0.6) is 0 Å². The van der Waals surface area contributed by atoms with Crippen LogP contribution in [0.3, 0.4) is 0 Å². The van der Waals surface area contributed by atoms with Gasteiger partial charge in [-0.2, -0.15) is 0 Å². The third-order valence-electron chi connectivity index (χ3n) is 6.14. The third-order valence-corrected chi connectivity index (χ3v) is 6.14. The summed E-state index contributed by atoms with van der Waals surface area (Å²) in [4.78, 5) is 16.1. The van der Waals surface area contributed by atoms with Gasteiger partial charge in [0, 0.05) is 37.7 Å². The van der Waals surface area contributed by atoms with E-state index in [0.717, 1.165) is 32.1 Å². The number of aldehydes is 1. The van der Waals surface area contributed by atoms with E-state index in [0.29, 0.717) is 5.92 Å². The summed E-state index contributed by atoms with van der Waals surface area (Å²) < 4.78 is 0. The lowest BCUT2D eigenvalue weighted by Gasteiger charge is -2.36. The normalized spacial score (nSPS) is 19.0. The van der Waals surface area contributed by atoms with Gasteiger partial charge in [-0.1, -0.05) is 37.6 Å². The van der Waals surface area contributed by atoms with Crippen LogP contribution in [0.4, 0.5) is 0 Å². The Morgan fingerprint density at radius 3 is 2.48 bits per heavy atom. The molecule has 0 heterocycles. The fraction of sp³-hybridized carbons (Fsp3) is 0.500. The number of allylic oxidation sites excluding steroid dienone is 11. The number of carbonyl (C=O) groups excluding carboxylic acids is 1. The minimum atomic E-state index is 0.525. The lowest BCUT2D eigenvalue weighted by Crippen LogP contribution is -2.26. The Morgan fingerprint density at radius 1 is 1.17 bits per heavy atom. The van der Waals surface area contributed by atoms with Crippen LogP contribution in [0.15, 0.2) is 70.8 Å². The first-order valence-electron chi connectivity index (χ1n) is 11.1. The number of rotatable bonds is 10. The Kier molecular flexibility index (Phi) is 9.24. The highest BCUT2D eigenvalue weighted by molar-refractivity contribution is 5.70. The molecule has 0 radical (unpaired) electrons. The summed E-state index contributed by atoms with van der Waals surface area (Å²) in [6, 6.07) is 0. The van der Waals surface area contributed by atoms with Crippen molar-refractivity contribution in [1.82, 2.24) is 9.80 Å². The van der Waals surface area contributed by atoms with Crippen molar-refractivity contribution < 1.29 is 4.79 Å². The lowest BCUT2D eigenvalue weighted by molar-refractivity contribution is -0.104. The highest BCUT2D eigenvalue weighted by Gasteiger charge is 2.28. The summed E-state index contributed by atoms with van der Waals surface area (Å²) in [5.41, 5.74) is 6.36. The summed E-state index contributed by atoms with van der Waals surface area (Å²) in [6.45, 7) is 7.39. The predicted molar refractivity (Wildman–Crippen MR) is 124 cm³/mol. The van der Waals surface area contributed by atoms with E-state index in [1.165, 1.54) is 47.5 Å². The molecule has 0 aromatic rings. The predicted octanol–water partition coefficient (Wildman–Crippen LogP) is 6.15. The van der Waals surface area contributed by atoms with Crippen molar-refractivity contribution in [3.63, 3.8) is 0 Å². The molecule has 2 aliphatic rings. The zero-order valence-corrected chi connectivity index (χ0v) is 18.9. The molecular weight excluding hydrogens is 356 g/mol. The molecule has 0 amide bonds. The Balaban J connectivity index is 2.40. The number of hydrogen-bond acceptors (Lipinski definition) is 3. The molecule has 0 atom stereocenters. The van der Waals surface area contributed by atoms with Gasteiger partial charge in [0.2, 0.25) is 0 Å². The molecule has 158 valence electrons. The zero-order valence-electron chi connectivity index (χ0n) is 18.9. The first kappa shape index (κ1) is 23.0. The van der Waals surface area contributed by atoms with Gasteiger partial charge < -0.3 is 9.80 Å². The van der Waals surface area contributed by atoms with Crippen molar-refractivity contribution in [2.75, 3.05) is 20.6 Å². The first-order valence-corrected chi connectivity index (χ1v) is 11.1. The van der Waals surface area contributed by atoms with Crippen molar-refractivity contribution in [2.45, 2.75) is 59.3 Å². The van der Waals surface area contributed by atoms with E-state index in [1.54, 1.807) is 0 Å². The average Bonchev–Trinajstić information content (AvgIpc) is 2.71. The molecule has 0 unspecified atom stereocenters. The van der Waals surface area contributed by atoms with Gasteiger partial charge in [0.1, 0.15) is 6.29 Å². The number of nitrogens with zero attached hydrogens (tertiary/aromatic N) is 2. The van der Waals surface area contributed by atoms with Crippen molar-refractivity contribution in [3.05, 3.63) is 70.8 Å². The van der Waals surface area contributed by atoms with Crippen LogP contribution in [0.25, 0.3) is 0 Å². The Bertz CT molecular complexity index is 745. The maximum absolute atomic E-state index is 11.4. The second kappa shape index (κ2) is 11.6. The number of carbonyl (C=O) groups is 1. The van der Waals surface area contributed by atoms with Crippen molar-refractivity contribution in [2.24, 2.45) is 5.92 Å². The smallest absolute Gasteiger partial charge is 0.143 e. The molecule has 0 saturated heterocycles. The molecule has 0 N–H and O–H groups in total. The zero-order chi connectivity index (χ0) is 21.2. The van der Waals surface area contributed by atoms with Crippen LogP contribution < -0.4 is 0 Å². The average molecular weight is 395 g/mol. The van der Waals surface area contributed by atoms with Crippen LogP contribution >= 0.6 is 0 Å². The van der Waals surface area contributed by atoms with E-state index in [4.69, 9.17) is 0 Å². The molecule has 3 nitrogen and oxygen atoms in total. The van der Waals surface area contributed by atoms with E-state index in [2.05, 4.69) is 81.1 Å². The maximum atomic E-state index is 11.4. The van der Waals surface area contributed by atoms with Gasteiger partial charge in [-0.3, -0.25) is 4.79 Å². The van der Waals surface area contributed by atoms with Crippen LogP contribution in [-0.2, 0) is 4.79 Å². The van der Waals surface area contributed by atoms with Crippen LogP contribution in [-0.4, -0.2) is 36.7 Å². The second-order valence-corrected chi connectivity index (χ2v) is 7.86. The molecule has 0 bridgehead atoms. The first-order chi connectivity index (χ1) is 14.1. The Hall–Kier alpha value is -2.29. The summed E-state index contributed by atoms with van der Waals surface area (Å²) in [5, 5.41) is 0. The summed E-state index contributed by atoms with van der Waals surface area (Å²) in [6.07, 6.45) is 22.5. The molecule has 0 aromatic carbocycles. The molecule has 29 heavy (non-hydrogen) atoms. The largest absolute Gasteiger partial charge is 0.378 e. The van der Waals surface area contributed by atoms with E-state index < -0.39 is 0 Å². The minimum Gasteiger partial charge on any atom is -0.378 e. The van der Waals surface area contributed by atoms with Gasteiger partial charge >= 0.3 is 0 Å². The monoisotopic (exact) mass is 394 g/mol. The summed E-state index contributed by atoms with van der Waals surface area (Å²) >= 11 is 0. The molecule has 0 aliphatic heterocycles. The Labute approximate surface area is 177 Å². The number of hydrogen-bond donors (Lipinski definition) is 0. The van der Waals surface area contributed by atoms with E-state index in [-0.39, 0.29) is 0 Å². The molecule has 1 fully saturated rings. The number of likely N-dealkylation sites (N-methyl/N-ethyl adjacent to an activating group) is 1. The molecule has 2 rings (SSSR count). The standard InChI is InChI=1S/C26H38N2O/c1-6-9-10-11-15-22(7-2)28(5)23-16-17-26(27(4)8-3)25(20-23)24(18-19-29)21-13-12-14-21/h7,9-11,15,18-21H,6,8,12-14,16-17H2,1-5H3/b10-9-,15-11-,22-7-,24-18-. The fourth-order valence-electron chi connectivity index (χ4n) is 3.98. The topological polar surface area (TPSA) is 23.6 Å². The van der Waals surface area contributed by atoms with E-state index in [1.807, 2.05) is 6.08 Å². The maximum Gasteiger partial charge on any atom is 0.143 e. The van der Waals surface area contributed by atoms with Crippen molar-refractivity contribution in [1.29, 1.82) is 0 Å². The second-order valence-electron chi connectivity index (χ2n) is 7.86. The molecule has 0 aromatic heterocycles. The van der Waals surface area contributed by atoms with Gasteiger partial charge in [-0.15, -0.1) is 0 Å². The molecule has 1 saturated carbocycles. The minimum absolute atomic E-state index is 0.525. The summed E-state index contributed by atoms with van der Waals surface area (Å²) in [5.74, 6) is 0.525. The molecular formula is C26H38N2O. The highest BCUT2D eigenvalue weighted by atomic mass is 16.1. The molecule has 0 spiro atoms. The molecule has 3 heteroatoms. The van der Waals surface area contributed by atoms with Crippen LogP contribution in [0, 0.1) is 5.92 Å². The van der Waals surface area contributed by atoms with Crippen LogP contribution in [0.2, 0.25) is 0 Å². The van der Waals surface area contributed by atoms with E-state index >= 15 is 0 Å². The Morgan fingerprint density at radius 2 is 1.93 bits per heavy atom. The van der Waals surface area contributed by atoms with Gasteiger partial charge in [-0.05, 0) is 81.2 Å². The summed E-state index contributed by atoms with van der Waals surface area (Å²) in [7, 11) is 4.31. The van der Waals surface area contributed by atoms with Gasteiger partial charge in [0.05, 0.1) is 0 Å². The SMILES string of the molecule is C/C=C(/C=C\C=C/CC)N(C)C1=CC(/C(=C\C=O)C2CCC2)=C(N(C)CC)CC1. The molecule has 2 aliphatic carbocycles.